The second-order valence-corrected chi connectivity index (χ2v) is 6.01. The number of hydrogen-bond acceptors (Lipinski definition) is 3. The highest BCUT2D eigenvalue weighted by Gasteiger charge is 2.22. The maximum absolute atomic E-state index is 9.02. The van der Waals surface area contributed by atoms with Crippen LogP contribution in [-0.4, -0.2) is 43.3 Å². The number of likely N-dealkylation sites (tertiary alicyclic amines) is 1. The van der Waals surface area contributed by atoms with E-state index in [0.29, 0.717) is 18.6 Å². The molecule has 0 aliphatic carbocycles. The van der Waals surface area contributed by atoms with Gasteiger partial charge in [-0.15, -0.1) is 0 Å². The van der Waals surface area contributed by atoms with Gasteiger partial charge in [0.25, 0.3) is 0 Å². The minimum absolute atomic E-state index is 0.334. The molecule has 1 aliphatic heterocycles. The lowest BCUT2D eigenvalue weighted by Crippen LogP contribution is -2.27. The van der Waals surface area contributed by atoms with Crippen molar-refractivity contribution < 1.29 is 5.11 Å². The van der Waals surface area contributed by atoms with E-state index in [1.54, 1.807) is 0 Å². The van der Waals surface area contributed by atoms with Crippen LogP contribution in [0.1, 0.15) is 36.4 Å². The number of aliphatic hydroxyl groups excluding tert-OH is 1. The number of nitrogens with one attached hydrogen (secondary N) is 1. The normalized spacial score (nSPS) is 21.2. The smallest absolute Gasteiger partial charge is 0.0434 e. The molecule has 112 valence electrons. The molecule has 1 saturated heterocycles. The van der Waals surface area contributed by atoms with Gasteiger partial charge in [0.2, 0.25) is 0 Å². The molecule has 0 radical (unpaired) electrons. The second-order valence-electron chi connectivity index (χ2n) is 6.01. The molecule has 0 spiro atoms. The molecule has 1 fully saturated rings. The number of rotatable bonds is 7. The highest BCUT2D eigenvalue weighted by atomic mass is 16.3. The summed E-state index contributed by atoms with van der Waals surface area (Å²) < 4.78 is 0. The SMILES string of the molecule is CNC(CCN1CCC(CCO)C1)c1cccc(C)c1. The average Bonchev–Trinajstić information content (AvgIpc) is 2.88. The van der Waals surface area contributed by atoms with Crippen molar-refractivity contribution >= 4 is 0 Å². The van der Waals surface area contributed by atoms with Gasteiger partial charge >= 0.3 is 0 Å². The van der Waals surface area contributed by atoms with Crippen molar-refractivity contribution in [3.8, 4) is 0 Å². The molecular formula is C17H28N2O. The number of nitrogens with zero attached hydrogens (tertiary/aromatic N) is 1. The van der Waals surface area contributed by atoms with Crippen molar-refractivity contribution in [1.29, 1.82) is 0 Å². The summed E-state index contributed by atoms with van der Waals surface area (Å²) in [6.07, 6.45) is 3.35. The Morgan fingerprint density at radius 3 is 3.00 bits per heavy atom. The summed E-state index contributed by atoms with van der Waals surface area (Å²) in [5.41, 5.74) is 2.71. The van der Waals surface area contributed by atoms with Crippen molar-refractivity contribution in [3.63, 3.8) is 0 Å². The lowest BCUT2D eigenvalue weighted by Gasteiger charge is -2.22. The summed E-state index contributed by atoms with van der Waals surface area (Å²) in [7, 11) is 2.05. The third-order valence-electron chi connectivity index (χ3n) is 4.43. The zero-order valence-corrected chi connectivity index (χ0v) is 12.8. The van der Waals surface area contributed by atoms with Crippen LogP contribution in [0.25, 0.3) is 0 Å². The van der Waals surface area contributed by atoms with E-state index >= 15 is 0 Å². The van der Waals surface area contributed by atoms with Crippen LogP contribution in [0, 0.1) is 12.8 Å². The first-order valence-corrected chi connectivity index (χ1v) is 7.80. The number of aryl methyl sites for hydroxylation is 1. The Balaban J connectivity index is 1.83. The average molecular weight is 276 g/mol. The van der Waals surface area contributed by atoms with E-state index in [9.17, 15) is 0 Å². The summed E-state index contributed by atoms with van der Waals surface area (Å²) in [5, 5.41) is 12.5. The van der Waals surface area contributed by atoms with Crippen LogP contribution >= 0.6 is 0 Å². The molecule has 1 aromatic rings. The van der Waals surface area contributed by atoms with Crippen molar-refractivity contribution in [1.82, 2.24) is 10.2 Å². The topological polar surface area (TPSA) is 35.5 Å². The summed E-state index contributed by atoms with van der Waals surface area (Å²) in [6, 6.07) is 9.22. The molecule has 20 heavy (non-hydrogen) atoms. The molecule has 2 unspecified atom stereocenters. The van der Waals surface area contributed by atoms with Crippen molar-refractivity contribution in [2.45, 2.75) is 32.2 Å². The number of benzene rings is 1. The predicted octanol–water partition coefficient (Wildman–Crippen LogP) is 2.35. The van der Waals surface area contributed by atoms with Crippen LogP contribution < -0.4 is 5.32 Å². The Bertz CT molecular complexity index is 408. The van der Waals surface area contributed by atoms with Gasteiger partial charge in [-0.2, -0.15) is 0 Å². The van der Waals surface area contributed by atoms with E-state index in [0.717, 1.165) is 25.9 Å². The molecule has 1 aliphatic rings. The largest absolute Gasteiger partial charge is 0.396 e. The number of hydrogen-bond donors (Lipinski definition) is 2. The Morgan fingerprint density at radius 1 is 1.45 bits per heavy atom. The Labute approximate surface area is 123 Å². The third-order valence-corrected chi connectivity index (χ3v) is 4.43. The first-order valence-electron chi connectivity index (χ1n) is 7.80. The van der Waals surface area contributed by atoms with Crippen LogP contribution in [0.15, 0.2) is 24.3 Å². The third kappa shape index (κ3) is 4.30. The van der Waals surface area contributed by atoms with Gasteiger partial charge in [-0.25, -0.2) is 0 Å². The Morgan fingerprint density at radius 2 is 2.30 bits per heavy atom. The van der Waals surface area contributed by atoms with Gasteiger partial charge in [-0.05, 0) is 57.8 Å². The summed E-state index contributed by atoms with van der Waals surface area (Å²) in [5.74, 6) is 0.701. The minimum Gasteiger partial charge on any atom is -0.396 e. The van der Waals surface area contributed by atoms with Crippen LogP contribution in [0.4, 0.5) is 0 Å². The highest BCUT2D eigenvalue weighted by Crippen LogP contribution is 2.22. The lowest BCUT2D eigenvalue weighted by molar-refractivity contribution is 0.248. The fraction of sp³-hybridized carbons (Fsp3) is 0.647. The Kier molecular flexibility index (Phi) is 6.02. The molecule has 0 saturated carbocycles. The van der Waals surface area contributed by atoms with E-state index in [1.165, 1.54) is 24.1 Å². The molecule has 3 nitrogen and oxygen atoms in total. The van der Waals surface area contributed by atoms with Gasteiger partial charge in [0.15, 0.2) is 0 Å². The molecule has 1 aromatic carbocycles. The molecule has 3 heteroatoms. The fourth-order valence-corrected chi connectivity index (χ4v) is 3.21. The molecule has 2 N–H and O–H groups in total. The first kappa shape index (κ1) is 15.5. The highest BCUT2D eigenvalue weighted by molar-refractivity contribution is 5.25. The van der Waals surface area contributed by atoms with E-state index in [2.05, 4.69) is 41.4 Å². The van der Waals surface area contributed by atoms with Crippen LogP contribution in [0.5, 0.6) is 0 Å². The van der Waals surface area contributed by atoms with E-state index in [-0.39, 0.29) is 0 Å². The van der Waals surface area contributed by atoms with Crippen molar-refractivity contribution in [3.05, 3.63) is 35.4 Å². The van der Waals surface area contributed by atoms with Crippen LogP contribution in [-0.2, 0) is 0 Å². The van der Waals surface area contributed by atoms with Gasteiger partial charge in [-0.1, -0.05) is 29.8 Å². The van der Waals surface area contributed by atoms with Crippen LogP contribution in [0.3, 0.4) is 0 Å². The van der Waals surface area contributed by atoms with Crippen molar-refractivity contribution in [2.24, 2.45) is 5.92 Å². The van der Waals surface area contributed by atoms with E-state index in [4.69, 9.17) is 5.11 Å². The second kappa shape index (κ2) is 7.77. The van der Waals surface area contributed by atoms with E-state index < -0.39 is 0 Å². The summed E-state index contributed by atoms with van der Waals surface area (Å²) >= 11 is 0. The quantitative estimate of drug-likeness (QED) is 0.802. The number of aliphatic hydroxyl groups is 1. The molecular weight excluding hydrogens is 248 g/mol. The maximum atomic E-state index is 9.02. The Hall–Kier alpha value is -0.900. The van der Waals surface area contributed by atoms with E-state index in [1.807, 2.05) is 7.05 Å². The molecule has 0 bridgehead atoms. The van der Waals surface area contributed by atoms with Crippen molar-refractivity contribution in [2.75, 3.05) is 33.3 Å². The standard InChI is InChI=1S/C17H28N2O/c1-14-4-3-5-16(12-14)17(18-2)7-10-19-9-6-15(13-19)8-11-20/h3-5,12,15,17-18,20H,6-11,13H2,1-2H3. The maximum Gasteiger partial charge on any atom is 0.0434 e. The zero-order chi connectivity index (χ0) is 14.4. The van der Waals surface area contributed by atoms with Gasteiger partial charge in [0.05, 0.1) is 0 Å². The van der Waals surface area contributed by atoms with Gasteiger partial charge in [0.1, 0.15) is 0 Å². The summed E-state index contributed by atoms with van der Waals surface area (Å²) in [4.78, 5) is 2.54. The summed E-state index contributed by atoms with van der Waals surface area (Å²) in [6.45, 7) is 5.97. The predicted molar refractivity (Wildman–Crippen MR) is 83.8 cm³/mol. The van der Waals surface area contributed by atoms with Gasteiger partial charge < -0.3 is 15.3 Å². The van der Waals surface area contributed by atoms with Gasteiger partial charge in [0, 0.05) is 19.2 Å². The van der Waals surface area contributed by atoms with Crippen LogP contribution in [0.2, 0.25) is 0 Å². The lowest BCUT2D eigenvalue weighted by atomic mass is 10.0. The molecule has 1 heterocycles. The zero-order valence-electron chi connectivity index (χ0n) is 12.8. The monoisotopic (exact) mass is 276 g/mol. The molecule has 2 atom stereocenters. The minimum atomic E-state index is 0.334. The molecule has 0 amide bonds. The fourth-order valence-electron chi connectivity index (χ4n) is 3.21. The molecule has 0 aromatic heterocycles. The molecule has 2 rings (SSSR count). The first-order chi connectivity index (χ1) is 9.72. The van der Waals surface area contributed by atoms with Gasteiger partial charge in [-0.3, -0.25) is 0 Å².